The quantitative estimate of drug-likeness (QED) is 0.749. The molecule has 23 heavy (non-hydrogen) atoms. The normalized spacial score (nSPS) is 11.6. The van der Waals surface area contributed by atoms with Gasteiger partial charge < -0.3 is 15.7 Å². The van der Waals surface area contributed by atoms with Crippen molar-refractivity contribution in [3.05, 3.63) is 64.9 Å². The second-order valence-corrected chi connectivity index (χ2v) is 5.13. The highest BCUT2D eigenvalue weighted by Crippen LogP contribution is 2.16. The average molecular weight is 337 g/mol. The van der Waals surface area contributed by atoms with Gasteiger partial charge in [0, 0.05) is 5.02 Å². The van der Waals surface area contributed by atoms with E-state index < -0.39 is 30.3 Å². The van der Waals surface area contributed by atoms with Gasteiger partial charge in [0.15, 0.2) is 0 Å². The van der Waals surface area contributed by atoms with Crippen molar-refractivity contribution in [3.63, 3.8) is 0 Å². The van der Waals surface area contributed by atoms with Crippen LogP contribution in [0.3, 0.4) is 0 Å². The molecular formula is C16H14ClFN2O3. The largest absolute Gasteiger partial charge is 0.394 e. The van der Waals surface area contributed by atoms with E-state index in [4.69, 9.17) is 11.6 Å². The SMILES string of the molecule is O=C(Nc1ccccc1F)C(=O)NC(CO)c1ccc(Cl)cc1. The highest BCUT2D eigenvalue weighted by Gasteiger charge is 2.20. The second kappa shape index (κ2) is 7.71. The standard InChI is InChI=1S/C16H14ClFN2O3/c17-11-7-5-10(6-8-11)14(9-21)20-16(23)15(22)19-13-4-2-1-3-12(13)18/h1-8,14,21H,9H2,(H,19,22)(H,20,23). The third-order valence-electron chi connectivity index (χ3n) is 3.09. The van der Waals surface area contributed by atoms with Crippen LogP contribution in [0.4, 0.5) is 10.1 Å². The van der Waals surface area contributed by atoms with Crippen LogP contribution in [0.2, 0.25) is 5.02 Å². The molecule has 0 fully saturated rings. The fourth-order valence-corrected chi connectivity index (χ4v) is 2.02. The lowest BCUT2D eigenvalue weighted by molar-refractivity contribution is -0.136. The van der Waals surface area contributed by atoms with Crippen molar-refractivity contribution in [2.75, 3.05) is 11.9 Å². The van der Waals surface area contributed by atoms with Gasteiger partial charge in [-0.25, -0.2) is 4.39 Å². The van der Waals surface area contributed by atoms with Crippen molar-refractivity contribution < 1.29 is 19.1 Å². The number of benzene rings is 2. The highest BCUT2D eigenvalue weighted by molar-refractivity contribution is 6.39. The van der Waals surface area contributed by atoms with Crippen LogP contribution in [0.15, 0.2) is 48.5 Å². The van der Waals surface area contributed by atoms with Crippen molar-refractivity contribution >= 4 is 29.1 Å². The number of carbonyl (C=O) groups excluding carboxylic acids is 2. The number of aliphatic hydroxyl groups is 1. The van der Waals surface area contributed by atoms with E-state index in [1.54, 1.807) is 24.3 Å². The van der Waals surface area contributed by atoms with Gasteiger partial charge in [-0.3, -0.25) is 9.59 Å². The zero-order chi connectivity index (χ0) is 16.8. The number of rotatable bonds is 4. The second-order valence-electron chi connectivity index (χ2n) is 4.69. The van der Waals surface area contributed by atoms with Crippen LogP contribution in [-0.2, 0) is 9.59 Å². The van der Waals surface area contributed by atoms with E-state index >= 15 is 0 Å². The first-order chi connectivity index (χ1) is 11.0. The Bertz CT molecular complexity index is 707. The summed E-state index contributed by atoms with van der Waals surface area (Å²) in [6.07, 6.45) is 0. The summed E-state index contributed by atoms with van der Waals surface area (Å²) in [6, 6.07) is 11.2. The zero-order valence-corrected chi connectivity index (χ0v) is 12.7. The molecule has 0 spiro atoms. The number of anilines is 1. The number of amides is 2. The van der Waals surface area contributed by atoms with Crippen molar-refractivity contribution in [1.82, 2.24) is 5.32 Å². The van der Waals surface area contributed by atoms with Crippen LogP contribution < -0.4 is 10.6 Å². The van der Waals surface area contributed by atoms with E-state index in [1.807, 2.05) is 0 Å². The van der Waals surface area contributed by atoms with E-state index in [0.717, 1.165) is 6.07 Å². The lowest BCUT2D eigenvalue weighted by atomic mass is 10.1. The molecule has 0 saturated carbocycles. The summed E-state index contributed by atoms with van der Waals surface area (Å²) < 4.78 is 13.4. The van der Waals surface area contributed by atoms with Gasteiger partial charge in [-0.05, 0) is 29.8 Å². The van der Waals surface area contributed by atoms with Crippen LogP contribution in [0.1, 0.15) is 11.6 Å². The maximum absolute atomic E-state index is 13.4. The number of halogens is 2. The highest BCUT2D eigenvalue weighted by atomic mass is 35.5. The molecule has 0 aliphatic rings. The summed E-state index contributed by atoms with van der Waals surface area (Å²) in [6.45, 7) is -0.402. The van der Waals surface area contributed by atoms with Crippen LogP contribution in [0, 0.1) is 5.82 Å². The number of nitrogens with one attached hydrogen (secondary N) is 2. The lowest BCUT2D eigenvalue weighted by Crippen LogP contribution is -2.39. The molecule has 2 aromatic carbocycles. The van der Waals surface area contributed by atoms with Gasteiger partial charge in [-0.1, -0.05) is 35.9 Å². The Labute approximate surface area is 137 Å². The van der Waals surface area contributed by atoms with Gasteiger partial charge in [-0.2, -0.15) is 0 Å². The first kappa shape index (κ1) is 16.9. The molecule has 0 radical (unpaired) electrons. The van der Waals surface area contributed by atoms with Crippen molar-refractivity contribution in [2.24, 2.45) is 0 Å². The van der Waals surface area contributed by atoms with Gasteiger partial charge in [0.25, 0.3) is 0 Å². The number of hydrogen-bond acceptors (Lipinski definition) is 3. The molecule has 2 aromatic rings. The van der Waals surface area contributed by atoms with E-state index in [2.05, 4.69) is 10.6 Å². The zero-order valence-electron chi connectivity index (χ0n) is 11.9. The van der Waals surface area contributed by atoms with Gasteiger partial charge in [0.05, 0.1) is 18.3 Å². The third-order valence-corrected chi connectivity index (χ3v) is 3.34. The Hall–Kier alpha value is -2.44. The summed E-state index contributed by atoms with van der Waals surface area (Å²) >= 11 is 5.77. The maximum atomic E-state index is 13.4. The van der Waals surface area contributed by atoms with Gasteiger partial charge in [-0.15, -0.1) is 0 Å². The van der Waals surface area contributed by atoms with E-state index in [1.165, 1.54) is 18.2 Å². The molecule has 7 heteroatoms. The molecule has 1 unspecified atom stereocenters. The fraction of sp³-hybridized carbons (Fsp3) is 0.125. The van der Waals surface area contributed by atoms with Crippen molar-refractivity contribution in [3.8, 4) is 0 Å². The summed E-state index contributed by atoms with van der Waals surface area (Å²) in [5, 5.41) is 14.4. The minimum Gasteiger partial charge on any atom is -0.394 e. The Morgan fingerprint density at radius 2 is 1.74 bits per heavy atom. The Kier molecular flexibility index (Phi) is 5.67. The van der Waals surface area contributed by atoms with E-state index in [9.17, 15) is 19.1 Å². The molecule has 0 bridgehead atoms. The molecule has 120 valence electrons. The predicted molar refractivity (Wildman–Crippen MR) is 84.5 cm³/mol. The van der Waals surface area contributed by atoms with E-state index in [-0.39, 0.29) is 5.69 Å². The first-order valence-electron chi connectivity index (χ1n) is 6.74. The molecule has 5 nitrogen and oxygen atoms in total. The topological polar surface area (TPSA) is 78.4 Å². The van der Waals surface area contributed by atoms with Gasteiger partial charge in [0.2, 0.25) is 0 Å². The van der Waals surface area contributed by atoms with E-state index in [0.29, 0.717) is 10.6 Å². The van der Waals surface area contributed by atoms with Crippen molar-refractivity contribution in [1.29, 1.82) is 0 Å². The van der Waals surface area contributed by atoms with Crippen molar-refractivity contribution in [2.45, 2.75) is 6.04 Å². The number of carbonyl (C=O) groups is 2. The monoisotopic (exact) mass is 336 g/mol. The summed E-state index contributed by atoms with van der Waals surface area (Å²) in [5.74, 6) is -2.66. The Balaban J connectivity index is 2.03. The maximum Gasteiger partial charge on any atom is 0.313 e. The summed E-state index contributed by atoms with van der Waals surface area (Å²) in [7, 11) is 0. The van der Waals surface area contributed by atoms with Gasteiger partial charge >= 0.3 is 11.8 Å². The molecule has 2 amide bonds. The van der Waals surface area contributed by atoms with Crippen LogP contribution in [-0.4, -0.2) is 23.5 Å². The average Bonchev–Trinajstić information content (AvgIpc) is 2.55. The Morgan fingerprint density at radius 3 is 2.35 bits per heavy atom. The summed E-state index contributed by atoms with van der Waals surface area (Å²) in [4.78, 5) is 23.7. The fourth-order valence-electron chi connectivity index (χ4n) is 1.89. The van der Waals surface area contributed by atoms with Crippen LogP contribution >= 0.6 is 11.6 Å². The number of aliphatic hydroxyl groups excluding tert-OH is 1. The molecule has 3 N–H and O–H groups in total. The van der Waals surface area contributed by atoms with Crippen LogP contribution in [0.25, 0.3) is 0 Å². The first-order valence-corrected chi connectivity index (χ1v) is 7.11. The summed E-state index contributed by atoms with van der Waals surface area (Å²) in [5.41, 5.74) is 0.489. The molecule has 0 aromatic heterocycles. The molecule has 2 rings (SSSR count). The smallest absolute Gasteiger partial charge is 0.313 e. The molecular weight excluding hydrogens is 323 g/mol. The minimum atomic E-state index is -1.03. The molecule has 1 atom stereocenters. The molecule has 0 aliphatic carbocycles. The Morgan fingerprint density at radius 1 is 1.09 bits per heavy atom. The molecule has 0 heterocycles. The number of para-hydroxylation sites is 1. The van der Waals surface area contributed by atoms with Crippen LogP contribution in [0.5, 0.6) is 0 Å². The predicted octanol–water partition coefficient (Wildman–Crippen LogP) is 2.27. The third kappa shape index (κ3) is 4.51. The molecule has 0 saturated heterocycles. The number of hydrogen-bond donors (Lipinski definition) is 3. The minimum absolute atomic E-state index is 0.0975. The molecule has 0 aliphatic heterocycles. The van der Waals surface area contributed by atoms with Gasteiger partial charge in [0.1, 0.15) is 5.82 Å². The lowest BCUT2D eigenvalue weighted by Gasteiger charge is -2.16.